The van der Waals surface area contributed by atoms with Gasteiger partial charge in [-0.3, -0.25) is 9.59 Å². The van der Waals surface area contributed by atoms with Crippen LogP contribution in [0.1, 0.15) is 17.0 Å². The van der Waals surface area contributed by atoms with Gasteiger partial charge in [0.2, 0.25) is 0 Å². The molecule has 1 atom stereocenters. The van der Waals surface area contributed by atoms with Gasteiger partial charge in [0, 0.05) is 6.54 Å². The molecule has 10 nitrogen and oxygen atoms in total. The molecule has 11 heteroatoms. The Labute approximate surface area is 107 Å². The number of H-pyrrole nitrogens is 1. The summed E-state index contributed by atoms with van der Waals surface area (Å²) in [5, 5.41) is 21.1. The van der Waals surface area contributed by atoms with Crippen LogP contribution in [0.5, 0.6) is 0 Å². The number of rotatable bonds is 3. The summed E-state index contributed by atoms with van der Waals surface area (Å²) in [5.74, 6) is -2.59. The predicted molar refractivity (Wildman–Crippen MR) is 59.9 cm³/mol. The summed E-state index contributed by atoms with van der Waals surface area (Å²) >= 11 is 0. The Bertz CT molecular complexity index is 583. The van der Waals surface area contributed by atoms with E-state index in [1.54, 1.807) is 0 Å². The van der Waals surface area contributed by atoms with Crippen molar-refractivity contribution in [2.75, 3.05) is 18.1 Å². The average molecular weight is 289 g/mol. The van der Waals surface area contributed by atoms with Crippen molar-refractivity contribution >= 4 is 21.7 Å². The first kappa shape index (κ1) is 13.4. The topological polar surface area (TPSA) is 146 Å². The van der Waals surface area contributed by atoms with E-state index in [0.717, 1.165) is 0 Å². The van der Waals surface area contributed by atoms with E-state index in [4.69, 9.17) is 5.11 Å². The number of sulfone groups is 1. The number of carbonyl (C=O) groups is 2. The first-order chi connectivity index (χ1) is 8.89. The number of carbonyl (C=O) groups excluding carboxylic acids is 1. The number of aliphatic carboxylic acids is 1. The second-order valence-electron chi connectivity index (χ2n) is 4.10. The molecule has 0 saturated carbocycles. The van der Waals surface area contributed by atoms with E-state index in [-0.39, 0.29) is 23.9 Å². The Balaban J connectivity index is 2.22. The van der Waals surface area contributed by atoms with Crippen LogP contribution in [0.15, 0.2) is 0 Å². The lowest BCUT2D eigenvalue weighted by Crippen LogP contribution is -2.52. The zero-order valence-corrected chi connectivity index (χ0v) is 10.5. The molecule has 0 spiro atoms. The Morgan fingerprint density at radius 2 is 2.21 bits per heavy atom. The van der Waals surface area contributed by atoms with Gasteiger partial charge in [-0.25, -0.2) is 8.42 Å². The summed E-state index contributed by atoms with van der Waals surface area (Å²) in [6, 6.07) is -0.915. The molecule has 2 rings (SSSR count). The highest BCUT2D eigenvalue weighted by Gasteiger charge is 2.36. The number of nitrogens with one attached hydrogen (secondary N) is 1. The smallest absolute Gasteiger partial charge is 0.305 e. The van der Waals surface area contributed by atoms with Crippen molar-refractivity contribution in [1.82, 2.24) is 25.5 Å². The fourth-order valence-electron chi connectivity index (χ4n) is 1.91. The largest absolute Gasteiger partial charge is 0.481 e. The summed E-state index contributed by atoms with van der Waals surface area (Å²) in [4.78, 5) is 23.9. The minimum atomic E-state index is -3.33. The summed E-state index contributed by atoms with van der Waals surface area (Å²) < 4.78 is 23.0. The van der Waals surface area contributed by atoms with Crippen molar-refractivity contribution in [3.05, 3.63) is 5.82 Å². The van der Waals surface area contributed by atoms with Crippen LogP contribution in [0, 0.1) is 0 Å². The number of aromatic amines is 1. The van der Waals surface area contributed by atoms with Crippen molar-refractivity contribution < 1.29 is 23.1 Å². The fraction of sp³-hybridized carbons (Fsp3) is 0.625. The number of hydrogen-bond acceptors (Lipinski definition) is 7. The lowest BCUT2D eigenvalue weighted by Gasteiger charge is -2.33. The van der Waals surface area contributed by atoms with Gasteiger partial charge < -0.3 is 10.0 Å². The van der Waals surface area contributed by atoms with Gasteiger partial charge in [-0.15, -0.1) is 10.2 Å². The van der Waals surface area contributed by atoms with Gasteiger partial charge in [0.25, 0.3) is 11.7 Å². The number of carboxylic acids is 1. The first-order valence-corrected chi connectivity index (χ1v) is 7.18. The maximum Gasteiger partial charge on any atom is 0.305 e. The Morgan fingerprint density at radius 3 is 2.79 bits per heavy atom. The van der Waals surface area contributed by atoms with Crippen LogP contribution in [0.2, 0.25) is 0 Å². The van der Waals surface area contributed by atoms with E-state index < -0.39 is 34.2 Å². The molecule has 19 heavy (non-hydrogen) atoms. The summed E-state index contributed by atoms with van der Waals surface area (Å²) in [6.07, 6.45) is -0.442. The van der Waals surface area contributed by atoms with Crippen LogP contribution in [0.3, 0.4) is 0 Å². The van der Waals surface area contributed by atoms with Crippen molar-refractivity contribution in [3.8, 4) is 0 Å². The molecule has 1 aromatic rings. The molecule has 104 valence electrons. The summed E-state index contributed by atoms with van der Waals surface area (Å²) in [7, 11) is -3.33. The van der Waals surface area contributed by atoms with Gasteiger partial charge in [-0.05, 0) is 5.21 Å². The van der Waals surface area contributed by atoms with Crippen LogP contribution >= 0.6 is 0 Å². The predicted octanol–water partition coefficient (Wildman–Crippen LogP) is -2.09. The van der Waals surface area contributed by atoms with Crippen LogP contribution < -0.4 is 0 Å². The van der Waals surface area contributed by atoms with E-state index in [1.807, 2.05) is 0 Å². The van der Waals surface area contributed by atoms with E-state index in [0.29, 0.717) is 0 Å². The van der Waals surface area contributed by atoms with Gasteiger partial charge >= 0.3 is 5.97 Å². The van der Waals surface area contributed by atoms with E-state index >= 15 is 0 Å². The van der Waals surface area contributed by atoms with Crippen molar-refractivity contribution in [1.29, 1.82) is 0 Å². The molecule has 2 N–H and O–H groups in total. The van der Waals surface area contributed by atoms with Crippen LogP contribution in [0.4, 0.5) is 0 Å². The van der Waals surface area contributed by atoms with Crippen LogP contribution in [0.25, 0.3) is 0 Å². The van der Waals surface area contributed by atoms with Crippen molar-refractivity contribution in [3.63, 3.8) is 0 Å². The Hall–Kier alpha value is -2.04. The molecule has 0 aromatic carbocycles. The third-order valence-electron chi connectivity index (χ3n) is 2.74. The van der Waals surface area contributed by atoms with Gasteiger partial charge in [-0.2, -0.15) is 5.21 Å². The third-order valence-corrected chi connectivity index (χ3v) is 4.44. The normalized spacial score (nSPS) is 22.1. The second kappa shape index (κ2) is 4.91. The Kier molecular flexibility index (Phi) is 3.46. The number of nitrogens with zero attached hydrogens (tertiary/aromatic N) is 4. The number of amides is 1. The molecule has 1 amide bonds. The van der Waals surface area contributed by atoms with E-state index in [2.05, 4.69) is 20.6 Å². The van der Waals surface area contributed by atoms with Crippen molar-refractivity contribution in [2.24, 2.45) is 0 Å². The molecule has 1 aromatic heterocycles. The molecule has 1 fully saturated rings. The zero-order chi connectivity index (χ0) is 14.0. The molecule has 1 saturated heterocycles. The minimum Gasteiger partial charge on any atom is -0.481 e. The molecule has 1 aliphatic heterocycles. The summed E-state index contributed by atoms with van der Waals surface area (Å²) in [5.41, 5.74) is 0. The third kappa shape index (κ3) is 3.05. The van der Waals surface area contributed by atoms with E-state index in [9.17, 15) is 18.0 Å². The standard InChI is InChI=1S/C8H11N5O5S/c14-6(15)3-5-4-19(17,18)2-1-13(5)8(16)7-9-11-12-10-7/h5H,1-4H2,(H,14,15)(H,9,10,11,12). The first-order valence-electron chi connectivity index (χ1n) is 5.36. The average Bonchev–Trinajstić information content (AvgIpc) is 2.79. The van der Waals surface area contributed by atoms with Gasteiger partial charge in [0.15, 0.2) is 9.84 Å². The lowest BCUT2D eigenvalue weighted by molar-refractivity contribution is -0.138. The van der Waals surface area contributed by atoms with Crippen molar-refractivity contribution in [2.45, 2.75) is 12.5 Å². The van der Waals surface area contributed by atoms with Gasteiger partial charge in [-0.1, -0.05) is 0 Å². The molecular weight excluding hydrogens is 278 g/mol. The monoisotopic (exact) mass is 289 g/mol. The molecule has 0 aliphatic carbocycles. The lowest BCUT2D eigenvalue weighted by atomic mass is 10.2. The highest BCUT2D eigenvalue weighted by atomic mass is 32.2. The molecule has 0 bridgehead atoms. The maximum atomic E-state index is 12.0. The van der Waals surface area contributed by atoms with Crippen LogP contribution in [-0.4, -0.2) is 75.0 Å². The zero-order valence-electron chi connectivity index (χ0n) is 9.68. The number of aromatic nitrogens is 4. The molecule has 1 aliphatic rings. The molecule has 0 radical (unpaired) electrons. The minimum absolute atomic E-state index is 0.0757. The number of tetrazole rings is 1. The SMILES string of the molecule is O=C(O)CC1CS(=O)(=O)CCN1C(=O)c1nn[nH]n1. The molecular formula is C8H11N5O5S. The second-order valence-corrected chi connectivity index (χ2v) is 6.33. The maximum absolute atomic E-state index is 12.0. The van der Waals surface area contributed by atoms with Gasteiger partial charge in [0.05, 0.1) is 24.0 Å². The fourth-order valence-corrected chi connectivity index (χ4v) is 3.43. The Morgan fingerprint density at radius 1 is 1.47 bits per heavy atom. The quantitative estimate of drug-likeness (QED) is 0.644. The number of carboxylic acid groups (broad SMARTS) is 1. The molecule has 1 unspecified atom stereocenters. The van der Waals surface area contributed by atoms with E-state index in [1.165, 1.54) is 4.90 Å². The van der Waals surface area contributed by atoms with Gasteiger partial charge in [0.1, 0.15) is 0 Å². The summed E-state index contributed by atoms with van der Waals surface area (Å²) in [6.45, 7) is -0.0757. The highest BCUT2D eigenvalue weighted by molar-refractivity contribution is 7.91. The number of hydrogen-bond donors (Lipinski definition) is 2. The highest BCUT2D eigenvalue weighted by Crippen LogP contribution is 2.16. The van der Waals surface area contributed by atoms with Crippen LogP contribution in [-0.2, 0) is 14.6 Å². The molecule has 2 heterocycles.